The molecule has 1 N–H and O–H groups in total. The van der Waals surface area contributed by atoms with Crippen LogP contribution in [0.5, 0.6) is 0 Å². The highest BCUT2D eigenvalue weighted by atomic mass is 35.5. The maximum Gasteiger partial charge on any atom is 0.337 e. The summed E-state index contributed by atoms with van der Waals surface area (Å²) in [6.07, 6.45) is 1.42. The number of anilines is 1. The molecule has 0 bridgehead atoms. The van der Waals surface area contributed by atoms with E-state index in [1.165, 1.54) is 37.6 Å². The molecule has 0 radical (unpaired) electrons. The van der Waals surface area contributed by atoms with Crippen molar-refractivity contribution in [2.75, 3.05) is 12.4 Å². The summed E-state index contributed by atoms with van der Waals surface area (Å²) < 4.78 is 4.61. The number of ether oxygens (including phenoxy) is 1. The molecule has 1 amide bonds. The van der Waals surface area contributed by atoms with Crippen molar-refractivity contribution >= 4 is 40.8 Å². The van der Waals surface area contributed by atoms with Crippen molar-refractivity contribution < 1.29 is 14.3 Å². The van der Waals surface area contributed by atoms with Crippen LogP contribution in [-0.2, 0) is 4.74 Å². The number of benzene rings is 1. The number of carbonyl (C=O) groups excluding carboxylic acids is 2. The van der Waals surface area contributed by atoms with E-state index < -0.39 is 11.9 Å². The third-order valence-electron chi connectivity index (χ3n) is 2.59. The summed E-state index contributed by atoms with van der Waals surface area (Å²) in [5, 5.41) is 3.26. The quantitative estimate of drug-likeness (QED) is 0.878. The molecule has 0 spiro atoms. The van der Waals surface area contributed by atoms with Gasteiger partial charge in [0.1, 0.15) is 5.69 Å². The summed E-state index contributed by atoms with van der Waals surface area (Å²) in [5.74, 6) is -1.01. The van der Waals surface area contributed by atoms with Crippen LogP contribution in [0, 0.1) is 0 Å². The zero-order chi connectivity index (χ0) is 15.4. The first-order valence-corrected chi connectivity index (χ1v) is 6.57. The van der Waals surface area contributed by atoms with Gasteiger partial charge in [-0.25, -0.2) is 4.79 Å². The number of pyridine rings is 1. The Labute approximate surface area is 130 Å². The fraction of sp³-hybridized carbons (Fsp3) is 0.0714. The van der Waals surface area contributed by atoms with Gasteiger partial charge in [0.25, 0.3) is 5.91 Å². The number of nitrogens with one attached hydrogen (secondary N) is 1. The molecule has 0 fully saturated rings. The number of hydrogen-bond donors (Lipinski definition) is 1. The molecule has 0 unspecified atom stereocenters. The Morgan fingerprint density at radius 1 is 1.19 bits per heavy atom. The first-order valence-electron chi connectivity index (χ1n) is 5.82. The minimum atomic E-state index is -0.525. The molecule has 0 saturated carbocycles. The van der Waals surface area contributed by atoms with Gasteiger partial charge in [-0.3, -0.25) is 9.78 Å². The standard InChI is InChI=1S/C14H10Cl2N2O3/c1-21-14(20)8-2-3-10(16)11(6-8)18-13(19)12-7-9(15)4-5-17-12/h2-7H,1H3,(H,18,19). The van der Waals surface area contributed by atoms with Gasteiger partial charge in [-0.15, -0.1) is 0 Å². The Balaban J connectivity index is 2.26. The van der Waals surface area contributed by atoms with Crippen LogP contribution in [0.25, 0.3) is 0 Å². The smallest absolute Gasteiger partial charge is 0.337 e. The maximum atomic E-state index is 12.1. The fourth-order valence-corrected chi connectivity index (χ4v) is 1.91. The Morgan fingerprint density at radius 3 is 2.62 bits per heavy atom. The molecule has 0 aliphatic carbocycles. The van der Waals surface area contributed by atoms with Crippen molar-refractivity contribution in [2.45, 2.75) is 0 Å². The molecule has 5 nitrogen and oxygen atoms in total. The first kappa shape index (κ1) is 15.3. The van der Waals surface area contributed by atoms with Crippen molar-refractivity contribution in [2.24, 2.45) is 0 Å². The normalized spacial score (nSPS) is 10.0. The zero-order valence-electron chi connectivity index (χ0n) is 10.9. The molecule has 0 saturated heterocycles. The maximum absolute atomic E-state index is 12.1. The number of halogens is 2. The molecular weight excluding hydrogens is 315 g/mol. The first-order chi connectivity index (χ1) is 10.0. The Hall–Kier alpha value is -2.11. The van der Waals surface area contributed by atoms with Crippen LogP contribution in [0.3, 0.4) is 0 Å². The summed E-state index contributed by atoms with van der Waals surface area (Å²) in [6, 6.07) is 7.41. The number of amides is 1. The van der Waals surface area contributed by atoms with Crippen molar-refractivity contribution in [1.29, 1.82) is 0 Å². The highest BCUT2D eigenvalue weighted by molar-refractivity contribution is 6.34. The van der Waals surface area contributed by atoms with E-state index in [-0.39, 0.29) is 22.0 Å². The van der Waals surface area contributed by atoms with Crippen LogP contribution in [-0.4, -0.2) is 24.0 Å². The number of methoxy groups -OCH3 is 1. The van der Waals surface area contributed by atoms with E-state index >= 15 is 0 Å². The van der Waals surface area contributed by atoms with E-state index in [1.54, 1.807) is 6.07 Å². The largest absolute Gasteiger partial charge is 0.465 e. The lowest BCUT2D eigenvalue weighted by Crippen LogP contribution is -2.14. The van der Waals surface area contributed by atoms with Gasteiger partial charge in [-0.1, -0.05) is 23.2 Å². The van der Waals surface area contributed by atoms with E-state index in [4.69, 9.17) is 23.2 Å². The summed E-state index contributed by atoms with van der Waals surface area (Å²) in [5.41, 5.74) is 0.699. The average molecular weight is 325 g/mol. The van der Waals surface area contributed by atoms with Gasteiger partial charge >= 0.3 is 5.97 Å². The number of rotatable bonds is 3. The second-order valence-corrected chi connectivity index (χ2v) is 4.84. The molecule has 7 heteroatoms. The van der Waals surface area contributed by atoms with Crippen molar-refractivity contribution in [3.8, 4) is 0 Å². The highest BCUT2D eigenvalue weighted by Gasteiger charge is 2.13. The van der Waals surface area contributed by atoms with Crippen LogP contribution in [0.2, 0.25) is 10.0 Å². The third-order valence-corrected chi connectivity index (χ3v) is 3.15. The predicted molar refractivity (Wildman–Crippen MR) is 80.0 cm³/mol. The molecule has 1 aromatic carbocycles. The van der Waals surface area contributed by atoms with Gasteiger partial charge in [-0.05, 0) is 30.3 Å². The summed E-state index contributed by atoms with van der Waals surface area (Å²) >= 11 is 11.8. The Kier molecular flexibility index (Phi) is 4.77. The van der Waals surface area contributed by atoms with Gasteiger partial charge in [0, 0.05) is 11.2 Å². The van der Waals surface area contributed by atoms with Gasteiger partial charge in [-0.2, -0.15) is 0 Å². The summed E-state index contributed by atoms with van der Waals surface area (Å²) in [6.45, 7) is 0. The fourth-order valence-electron chi connectivity index (χ4n) is 1.58. The molecule has 21 heavy (non-hydrogen) atoms. The van der Waals surface area contributed by atoms with E-state index in [9.17, 15) is 9.59 Å². The molecule has 2 aromatic rings. The highest BCUT2D eigenvalue weighted by Crippen LogP contribution is 2.24. The molecule has 0 aliphatic rings. The summed E-state index contributed by atoms with van der Waals surface area (Å²) in [4.78, 5) is 27.4. The second-order valence-electron chi connectivity index (χ2n) is 4.00. The van der Waals surface area contributed by atoms with Gasteiger partial charge in [0.05, 0.1) is 23.4 Å². The van der Waals surface area contributed by atoms with Crippen molar-refractivity contribution in [3.63, 3.8) is 0 Å². The topological polar surface area (TPSA) is 68.3 Å². The molecule has 0 atom stereocenters. The molecule has 1 heterocycles. The lowest BCUT2D eigenvalue weighted by Gasteiger charge is -2.08. The number of esters is 1. The second kappa shape index (κ2) is 6.56. The molecule has 2 rings (SSSR count). The van der Waals surface area contributed by atoms with Crippen molar-refractivity contribution in [3.05, 3.63) is 57.8 Å². The number of carbonyl (C=O) groups is 2. The van der Waals surface area contributed by atoms with Gasteiger partial charge < -0.3 is 10.1 Å². The third kappa shape index (κ3) is 3.71. The number of hydrogen-bond acceptors (Lipinski definition) is 4. The van der Waals surface area contributed by atoms with Gasteiger partial charge in [0.15, 0.2) is 0 Å². The van der Waals surface area contributed by atoms with Crippen LogP contribution in [0.15, 0.2) is 36.5 Å². The van der Waals surface area contributed by atoms with Gasteiger partial charge in [0.2, 0.25) is 0 Å². The Bertz CT molecular complexity index is 704. The van der Waals surface area contributed by atoms with Crippen LogP contribution in [0.1, 0.15) is 20.8 Å². The molecular formula is C14H10Cl2N2O3. The SMILES string of the molecule is COC(=O)c1ccc(Cl)c(NC(=O)c2cc(Cl)ccn2)c1. The lowest BCUT2D eigenvalue weighted by molar-refractivity contribution is 0.0600. The van der Waals surface area contributed by atoms with Crippen LogP contribution >= 0.6 is 23.2 Å². The predicted octanol–water partition coefficient (Wildman–Crippen LogP) is 3.43. The monoisotopic (exact) mass is 324 g/mol. The number of nitrogens with zero attached hydrogens (tertiary/aromatic N) is 1. The molecule has 108 valence electrons. The van der Waals surface area contributed by atoms with E-state index in [1.807, 2.05) is 0 Å². The van der Waals surface area contributed by atoms with E-state index in [0.29, 0.717) is 5.02 Å². The lowest BCUT2D eigenvalue weighted by atomic mass is 10.2. The number of aromatic nitrogens is 1. The molecule has 1 aromatic heterocycles. The minimum Gasteiger partial charge on any atom is -0.465 e. The average Bonchev–Trinajstić information content (AvgIpc) is 2.48. The minimum absolute atomic E-state index is 0.141. The van der Waals surface area contributed by atoms with Crippen LogP contribution in [0.4, 0.5) is 5.69 Å². The van der Waals surface area contributed by atoms with E-state index in [2.05, 4.69) is 15.0 Å². The Morgan fingerprint density at radius 2 is 1.95 bits per heavy atom. The summed E-state index contributed by atoms with van der Waals surface area (Å²) in [7, 11) is 1.27. The van der Waals surface area contributed by atoms with E-state index in [0.717, 1.165) is 0 Å². The zero-order valence-corrected chi connectivity index (χ0v) is 12.4. The van der Waals surface area contributed by atoms with Crippen LogP contribution < -0.4 is 5.32 Å². The van der Waals surface area contributed by atoms with Crippen molar-refractivity contribution in [1.82, 2.24) is 4.98 Å². The molecule has 0 aliphatic heterocycles.